The summed E-state index contributed by atoms with van der Waals surface area (Å²) in [5.41, 5.74) is 6.10. The molecule has 4 rings (SSSR count). The molecule has 20 heteroatoms. The van der Waals surface area contributed by atoms with Gasteiger partial charge in [-0.1, -0.05) is 70.2 Å². The van der Waals surface area contributed by atoms with Gasteiger partial charge in [-0.2, -0.15) is 0 Å². The van der Waals surface area contributed by atoms with Crippen LogP contribution in [-0.4, -0.2) is 123 Å². The first-order valence-corrected chi connectivity index (χ1v) is 23.2. The summed E-state index contributed by atoms with van der Waals surface area (Å²) in [6.45, 7) is 12.5. The fourth-order valence-electron chi connectivity index (χ4n) is 7.76. The molecule has 6 atom stereocenters. The van der Waals surface area contributed by atoms with Gasteiger partial charge in [0.15, 0.2) is 0 Å². The molecule has 0 spiro atoms. The highest BCUT2D eigenvalue weighted by molar-refractivity contribution is 6.02. The Hall–Kier alpha value is -6.57. The number of amides is 8. The Morgan fingerprint density at radius 3 is 1.93 bits per heavy atom. The maximum absolute atomic E-state index is 14.6. The van der Waals surface area contributed by atoms with Gasteiger partial charge in [-0.3, -0.25) is 33.6 Å². The quantitative estimate of drug-likeness (QED) is 0.0834. The van der Waals surface area contributed by atoms with E-state index < -0.39 is 101 Å². The first kappa shape index (κ1) is 54.0. The number of nitrogens with zero attached hydrogens (tertiary/aromatic N) is 2. The van der Waals surface area contributed by atoms with Crippen LogP contribution in [0.2, 0.25) is 0 Å². The Kier molecular flexibility index (Phi) is 19.9. The summed E-state index contributed by atoms with van der Waals surface area (Å²) in [4.78, 5) is 128. The van der Waals surface area contributed by atoms with Crippen molar-refractivity contribution in [1.82, 2.24) is 36.5 Å². The Morgan fingerprint density at radius 1 is 0.750 bits per heavy atom. The zero-order valence-electron chi connectivity index (χ0n) is 40.0. The number of hydrogen-bond donors (Lipinski definition) is 7. The molecular weight excluding hydrogens is 881 g/mol. The SMILES string of the molecule is CC(C)C[C@H](NC(=O)OC(C)(C)C)C(=O)N[C@H](Cc1ccccc1)C(=O)N1CCC[C@H]1C(=O)N[C@H](Cc1ccc(O)cc1)C(=O)N[C@H](C(=O)N[C@@H](CCCN)C(=O)ON1C(=O)CCC1=O)C(C)C. The standard InChI is InChI=1S/C48H68N8O12/c1-28(2)25-34(53-47(66)67-48(5,6)7)41(60)52-36(27-30-13-9-8-10-14-30)45(64)55-24-12-16-37(55)43(62)51-35(26-31-17-19-32(57)20-18-31)42(61)54-40(29(3)4)44(63)50-33(15-11-23-49)46(65)68-56-38(58)21-22-39(56)59/h8-10,13-14,17-20,28-29,33-37,40,57H,11-12,15-16,21-27,49H2,1-7H3,(H,50,63)(H,51,62)(H,52,60)(H,53,66)(H,54,61)/t33-,34-,35+,36+,37-,40-/m0/s1. The van der Waals surface area contributed by atoms with Gasteiger partial charge in [0.2, 0.25) is 29.5 Å². The molecule has 0 aromatic heterocycles. The van der Waals surface area contributed by atoms with Gasteiger partial charge < -0.3 is 51.9 Å². The van der Waals surface area contributed by atoms with Crippen LogP contribution in [0.4, 0.5) is 4.79 Å². The van der Waals surface area contributed by atoms with E-state index in [0.717, 1.165) is 5.56 Å². The second kappa shape index (κ2) is 25.0. The molecule has 2 saturated heterocycles. The lowest BCUT2D eigenvalue weighted by Crippen LogP contribution is -2.60. The Labute approximate surface area is 397 Å². The maximum atomic E-state index is 14.6. The summed E-state index contributed by atoms with van der Waals surface area (Å²) in [6.07, 6.45) is 0.0104. The van der Waals surface area contributed by atoms with E-state index in [2.05, 4.69) is 26.6 Å². The van der Waals surface area contributed by atoms with Crippen molar-refractivity contribution < 1.29 is 57.8 Å². The Bertz CT molecular complexity index is 2090. The molecule has 20 nitrogen and oxygen atoms in total. The molecule has 0 unspecified atom stereocenters. The van der Waals surface area contributed by atoms with E-state index in [0.29, 0.717) is 17.0 Å². The van der Waals surface area contributed by atoms with E-state index in [-0.39, 0.29) is 76.1 Å². The van der Waals surface area contributed by atoms with Crippen molar-refractivity contribution in [3.8, 4) is 5.75 Å². The number of alkyl carbamates (subject to hydrolysis) is 1. The van der Waals surface area contributed by atoms with Crippen molar-refractivity contribution in [2.45, 2.75) is 148 Å². The molecule has 8 N–H and O–H groups in total. The minimum Gasteiger partial charge on any atom is -0.508 e. The first-order chi connectivity index (χ1) is 32.1. The predicted molar refractivity (Wildman–Crippen MR) is 247 cm³/mol. The number of hydroxylamine groups is 2. The van der Waals surface area contributed by atoms with Gasteiger partial charge >= 0.3 is 12.1 Å². The number of rotatable bonds is 22. The monoisotopic (exact) mass is 948 g/mol. The fraction of sp³-hybridized carbons (Fsp3) is 0.562. The zero-order valence-corrected chi connectivity index (χ0v) is 40.0. The summed E-state index contributed by atoms with van der Waals surface area (Å²) in [7, 11) is 0. The number of hydrogen-bond acceptors (Lipinski definition) is 13. The number of benzene rings is 2. The molecule has 2 aliphatic rings. The van der Waals surface area contributed by atoms with Gasteiger partial charge in [-0.15, -0.1) is 5.06 Å². The van der Waals surface area contributed by atoms with E-state index in [4.69, 9.17) is 15.3 Å². The van der Waals surface area contributed by atoms with E-state index in [1.807, 2.05) is 19.9 Å². The lowest BCUT2D eigenvalue weighted by molar-refractivity contribution is -0.199. The third-order valence-electron chi connectivity index (χ3n) is 11.2. The van der Waals surface area contributed by atoms with Crippen LogP contribution in [-0.2, 0) is 60.8 Å². The van der Waals surface area contributed by atoms with Crippen molar-refractivity contribution in [3.05, 3.63) is 65.7 Å². The van der Waals surface area contributed by atoms with Gasteiger partial charge in [-0.25, -0.2) is 9.59 Å². The second-order valence-corrected chi connectivity index (χ2v) is 18.9. The molecule has 2 aromatic rings. The van der Waals surface area contributed by atoms with Gasteiger partial charge in [0.1, 0.15) is 47.6 Å². The molecule has 2 fully saturated rings. The van der Waals surface area contributed by atoms with Crippen molar-refractivity contribution in [3.63, 3.8) is 0 Å². The van der Waals surface area contributed by atoms with E-state index in [1.165, 1.54) is 17.0 Å². The van der Waals surface area contributed by atoms with Gasteiger partial charge in [0, 0.05) is 32.2 Å². The number of carbonyl (C=O) groups is 9. The number of aromatic hydroxyl groups is 1. The van der Waals surface area contributed by atoms with Crippen molar-refractivity contribution in [2.24, 2.45) is 17.6 Å². The number of nitrogens with two attached hydrogens (primary N) is 1. The number of phenolic OH excluding ortho intramolecular Hbond substituents is 1. The van der Waals surface area contributed by atoms with Crippen LogP contribution in [0.15, 0.2) is 54.6 Å². The molecule has 8 amide bonds. The molecule has 0 saturated carbocycles. The molecule has 0 aliphatic carbocycles. The molecule has 0 bridgehead atoms. The molecule has 2 heterocycles. The Morgan fingerprint density at radius 2 is 1.34 bits per heavy atom. The summed E-state index contributed by atoms with van der Waals surface area (Å²) in [5.74, 6) is -6.55. The van der Waals surface area contributed by atoms with Crippen LogP contribution < -0.4 is 32.3 Å². The molecule has 2 aromatic carbocycles. The number of ether oxygens (including phenoxy) is 1. The minimum absolute atomic E-state index is 0.0103. The van der Waals surface area contributed by atoms with Gasteiger partial charge in [0.05, 0.1) is 0 Å². The third-order valence-corrected chi connectivity index (χ3v) is 11.2. The zero-order chi connectivity index (χ0) is 50.3. The molecular formula is C48H68N8O12. The molecule has 2 aliphatic heterocycles. The van der Waals surface area contributed by atoms with Crippen molar-refractivity contribution in [1.29, 1.82) is 0 Å². The second-order valence-electron chi connectivity index (χ2n) is 18.9. The fourth-order valence-corrected chi connectivity index (χ4v) is 7.76. The lowest BCUT2D eigenvalue weighted by Gasteiger charge is -2.31. The predicted octanol–water partition coefficient (Wildman–Crippen LogP) is 2.05. The minimum atomic E-state index is -1.35. The highest BCUT2D eigenvalue weighted by atomic mass is 16.7. The van der Waals surface area contributed by atoms with E-state index in [9.17, 15) is 48.3 Å². The summed E-state index contributed by atoms with van der Waals surface area (Å²) >= 11 is 0. The smallest absolute Gasteiger partial charge is 0.408 e. The van der Waals surface area contributed by atoms with Crippen LogP contribution >= 0.6 is 0 Å². The summed E-state index contributed by atoms with van der Waals surface area (Å²) in [6, 6.07) is 7.67. The molecule has 68 heavy (non-hydrogen) atoms. The normalized spacial score (nSPS) is 17.2. The topological polar surface area (TPSA) is 285 Å². The van der Waals surface area contributed by atoms with Crippen molar-refractivity contribution in [2.75, 3.05) is 13.1 Å². The largest absolute Gasteiger partial charge is 0.508 e. The van der Waals surface area contributed by atoms with Crippen LogP contribution in [0.1, 0.15) is 105 Å². The molecule has 0 radical (unpaired) electrons. The lowest BCUT2D eigenvalue weighted by atomic mass is 9.99. The van der Waals surface area contributed by atoms with Gasteiger partial charge in [0.25, 0.3) is 11.8 Å². The maximum Gasteiger partial charge on any atom is 0.408 e. The van der Waals surface area contributed by atoms with Crippen molar-refractivity contribution >= 4 is 53.4 Å². The highest BCUT2D eigenvalue weighted by Gasteiger charge is 2.41. The molecule has 372 valence electrons. The van der Waals surface area contributed by atoms with Crippen LogP contribution in [0.3, 0.4) is 0 Å². The van der Waals surface area contributed by atoms with Crippen LogP contribution in [0, 0.1) is 11.8 Å². The Balaban J connectivity index is 1.57. The number of likely N-dealkylation sites (tertiary alicyclic amines) is 1. The number of imide groups is 1. The highest BCUT2D eigenvalue weighted by Crippen LogP contribution is 2.22. The number of carbonyl (C=O) groups excluding carboxylic acids is 9. The third kappa shape index (κ3) is 16.3. The number of phenols is 1. The number of nitrogens with one attached hydrogen (secondary N) is 5. The average molecular weight is 949 g/mol. The first-order valence-electron chi connectivity index (χ1n) is 23.2. The van der Waals surface area contributed by atoms with Crippen LogP contribution in [0.5, 0.6) is 5.75 Å². The summed E-state index contributed by atoms with van der Waals surface area (Å²) in [5, 5.41) is 23.9. The summed E-state index contributed by atoms with van der Waals surface area (Å²) < 4.78 is 5.42. The van der Waals surface area contributed by atoms with E-state index in [1.54, 1.807) is 71.0 Å². The van der Waals surface area contributed by atoms with E-state index >= 15 is 0 Å². The average Bonchev–Trinajstić information content (AvgIpc) is 3.89. The van der Waals surface area contributed by atoms with Crippen LogP contribution in [0.25, 0.3) is 0 Å². The van der Waals surface area contributed by atoms with Gasteiger partial charge in [-0.05, 0) is 94.5 Å².